The zero-order chi connectivity index (χ0) is 12.4. The predicted molar refractivity (Wildman–Crippen MR) is 71.0 cm³/mol. The van der Waals surface area contributed by atoms with Gasteiger partial charge in [-0.1, -0.05) is 25.4 Å². The maximum atomic E-state index is 12.9. The van der Waals surface area contributed by atoms with Crippen LogP contribution in [0, 0.1) is 17.7 Å². The molecule has 1 aliphatic rings. The maximum absolute atomic E-state index is 12.9. The molecule has 0 aromatic heterocycles. The minimum absolute atomic E-state index is 0.286. The highest BCUT2D eigenvalue weighted by molar-refractivity contribution is 6.33. The van der Waals surface area contributed by atoms with E-state index in [2.05, 4.69) is 19.2 Å². The number of benzene rings is 1. The minimum atomic E-state index is -0.286. The van der Waals surface area contributed by atoms with Gasteiger partial charge in [0.1, 0.15) is 5.82 Å². The maximum Gasteiger partial charge on any atom is 0.124 e. The highest BCUT2D eigenvalue weighted by Gasteiger charge is 2.24. The molecule has 0 radical (unpaired) electrons. The molecule has 1 N–H and O–H groups in total. The third-order valence-corrected chi connectivity index (χ3v) is 3.78. The summed E-state index contributed by atoms with van der Waals surface area (Å²) in [5, 5.41) is 3.91. The zero-order valence-electron chi connectivity index (χ0n) is 10.3. The molecule has 1 aromatic carbocycles. The van der Waals surface area contributed by atoms with Crippen molar-refractivity contribution >= 4 is 17.3 Å². The largest absolute Gasteiger partial charge is 0.381 e. The van der Waals surface area contributed by atoms with E-state index in [1.54, 1.807) is 6.07 Å². The van der Waals surface area contributed by atoms with Gasteiger partial charge in [0, 0.05) is 6.04 Å². The van der Waals surface area contributed by atoms with Crippen LogP contribution >= 0.6 is 11.6 Å². The first-order chi connectivity index (χ1) is 8.04. The van der Waals surface area contributed by atoms with Crippen molar-refractivity contribution in [2.45, 2.75) is 39.2 Å². The molecule has 2 rings (SSSR count). The standard InChI is InChI=1S/C14H19ClFN/c1-9-5-10(2)7-12(6-9)17-14-4-3-11(16)8-13(14)15/h3-4,8-10,12,17H,5-7H2,1-2H3. The molecule has 1 aromatic rings. The molecule has 1 aliphatic carbocycles. The Labute approximate surface area is 107 Å². The lowest BCUT2D eigenvalue weighted by atomic mass is 9.80. The van der Waals surface area contributed by atoms with Crippen molar-refractivity contribution in [2.24, 2.45) is 11.8 Å². The molecule has 1 fully saturated rings. The molecule has 2 atom stereocenters. The Bertz CT molecular complexity index is 384. The van der Waals surface area contributed by atoms with Gasteiger partial charge < -0.3 is 5.32 Å². The highest BCUT2D eigenvalue weighted by atomic mass is 35.5. The summed E-state index contributed by atoms with van der Waals surface area (Å²) in [4.78, 5) is 0. The van der Waals surface area contributed by atoms with E-state index in [1.165, 1.54) is 18.6 Å². The first kappa shape index (κ1) is 12.7. The second-order valence-electron chi connectivity index (χ2n) is 5.38. The lowest BCUT2D eigenvalue weighted by Crippen LogP contribution is -2.30. The van der Waals surface area contributed by atoms with Gasteiger partial charge in [-0.05, 0) is 49.3 Å². The molecule has 0 spiro atoms. The first-order valence-electron chi connectivity index (χ1n) is 6.26. The van der Waals surface area contributed by atoms with Crippen LogP contribution < -0.4 is 5.32 Å². The monoisotopic (exact) mass is 255 g/mol. The second-order valence-corrected chi connectivity index (χ2v) is 5.79. The minimum Gasteiger partial charge on any atom is -0.381 e. The Balaban J connectivity index is 2.04. The molecule has 1 nitrogen and oxygen atoms in total. The van der Waals surface area contributed by atoms with Crippen molar-refractivity contribution in [3.63, 3.8) is 0 Å². The van der Waals surface area contributed by atoms with E-state index in [4.69, 9.17) is 11.6 Å². The molecule has 3 heteroatoms. The summed E-state index contributed by atoms with van der Waals surface area (Å²) in [6.45, 7) is 4.58. The fraction of sp³-hybridized carbons (Fsp3) is 0.571. The van der Waals surface area contributed by atoms with Crippen LogP contribution in [0.15, 0.2) is 18.2 Å². The van der Waals surface area contributed by atoms with Gasteiger partial charge in [-0.25, -0.2) is 4.39 Å². The summed E-state index contributed by atoms with van der Waals surface area (Å²) in [6, 6.07) is 4.99. The van der Waals surface area contributed by atoms with E-state index >= 15 is 0 Å². The molecule has 0 saturated heterocycles. The fourth-order valence-electron chi connectivity index (χ4n) is 2.89. The van der Waals surface area contributed by atoms with E-state index in [9.17, 15) is 4.39 Å². The van der Waals surface area contributed by atoms with E-state index in [1.807, 2.05) is 0 Å². The quantitative estimate of drug-likeness (QED) is 0.807. The summed E-state index contributed by atoms with van der Waals surface area (Å²) >= 11 is 6.02. The van der Waals surface area contributed by atoms with Crippen LogP contribution in [0.3, 0.4) is 0 Å². The predicted octanol–water partition coefficient (Wildman–Crippen LogP) is 4.72. The molecule has 94 valence electrons. The van der Waals surface area contributed by atoms with E-state index in [0.29, 0.717) is 11.1 Å². The van der Waals surface area contributed by atoms with Crippen molar-refractivity contribution in [1.29, 1.82) is 0 Å². The van der Waals surface area contributed by atoms with E-state index < -0.39 is 0 Å². The van der Waals surface area contributed by atoms with Crippen LogP contribution in [0.2, 0.25) is 5.02 Å². The van der Waals surface area contributed by atoms with Crippen molar-refractivity contribution in [3.8, 4) is 0 Å². The lowest BCUT2D eigenvalue weighted by molar-refractivity contribution is 0.281. The molecular weight excluding hydrogens is 237 g/mol. The lowest BCUT2D eigenvalue weighted by Gasteiger charge is -2.32. The summed E-state index contributed by atoms with van der Waals surface area (Å²) in [7, 11) is 0. The molecule has 2 unspecified atom stereocenters. The summed E-state index contributed by atoms with van der Waals surface area (Å²) in [5.74, 6) is 1.21. The number of anilines is 1. The Kier molecular flexibility index (Phi) is 3.93. The smallest absolute Gasteiger partial charge is 0.124 e. The van der Waals surface area contributed by atoms with Crippen LogP contribution in [0.1, 0.15) is 33.1 Å². The average molecular weight is 256 g/mol. The topological polar surface area (TPSA) is 12.0 Å². The molecule has 17 heavy (non-hydrogen) atoms. The van der Waals surface area contributed by atoms with Crippen molar-refractivity contribution in [3.05, 3.63) is 29.0 Å². The van der Waals surface area contributed by atoms with Gasteiger partial charge in [0.05, 0.1) is 10.7 Å². The van der Waals surface area contributed by atoms with Gasteiger partial charge in [0.15, 0.2) is 0 Å². The van der Waals surface area contributed by atoms with Crippen LogP contribution in [0.25, 0.3) is 0 Å². The van der Waals surface area contributed by atoms with Crippen LogP contribution in [0.5, 0.6) is 0 Å². The van der Waals surface area contributed by atoms with Gasteiger partial charge in [0.25, 0.3) is 0 Å². The normalized spacial score (nSPS) is 29.1. The van der Waals surface area contributed by atoms with Gasteiger partial charge in [-0.15, -0.1) is 0 Å². The Hall–Kier alpha value is -0.760. The Morgan fingerprint density at radius 2 is 1.82 bits per heavy atom. The van der Waals surface area contributed by atoms with Gasteiger partial charge in [-0.2, -0.15) is 0 Å². The van der Waals surface area contributed by atoms with Crippen molar-refractivity contribution in [1.82, 2.24) is 0 Å². The van der Waals surface area contributed by atoms with Crippen molar-refractivity contribution < 1.29 is 4.39 Å². The van der Waals surface area contributed by atoms with Crippen molar-refractivity contribution in [2.75, 3.05) is 5.32 Å². The van der Waals surface area contributed by atoms with Crippen LogP contribution in [-0.2, 0) is 0 Å². The Morgan fingerprint density at radius 3 is 2.41 bits per heavy atom. The molecular formula is C14H19ClFN. The number of hydrogen-bond acceptors (Lipinski definition) is 1. The second kappa shape index (κ2) is 5.26. The zero-order valence-corrected chi connectivity index (χ0v) is 11.1. The van der Waals surface area contributed by atoms with Gasteiger partial charge in [0.2, 0.25) is 0 Å². The number of nitrogens with one attached hydrogen (secondary N) is 1. The number of hydrogen-bond donors (Lipinski definition) is 1. The SMILES string of the molecule is CC1CC(C)CC(Nc2ccc(F)cc2Cl)C1. The van der Waals surface area contributed by atoms with Crippen LogP contribution in [-0.4, -0.2) is 6.04 Å². The summed E-state index contributed by atoms with van der Waals surface area (Å²) in [5.41, 5.74) is 0.847. The molecule has 0 heterocycles. The molecule has 0 amide bonds. The van der Waals surface area contributed by atoms with Crippen LogP contribution in [0.4, 0.5) is 10.1 Å². The third-order valence-electron chi connectivity index (χ3n) is 3.47. The van der Waals surface area contributed by atoms with Gasteiger partial charge >= 0.3 is 0 Å². The fourth-order valence-corrected chi connectivity index (χ4v) is 3.11. The number of halogens is 2. The highest BCUT2D eigenvalue weighted by Crippen LogP contribution is 2.32. The molecule has 1 saturated carbocycles. The van der Waals surface area contributed by atoms with E-state index in [0.717, 1.165) is 30.4 Å². The number of rotatable bonds is 2. The Morgan fingerprint density at radius 1 is 1.18 bits per heavy atom. The van der Waals surface area contributed by atoms with E-state index in [-0.39, 0.29) is 5.82 Å². The summed E-state index contributed by atoms with van der Waals surface area (Å²) < 4.78 is 12.9. The average Bonchev–Trinajstić information content (AvgIpc) is 2.21. The first-order valence-corrected chi connectivity index (χ1v) is 6.64. The third kappa shape index (κ3) is 3.35. The van der Waals surface area contributed by atoms with Gasteiger partial charge in [-0.3, -0.25) is 0 Å². The molecule has 0 bridgehead atoms. The summed E-state index contributed by atoms with van der Waals surface area (Å²) in [6.07, 6.45) is 3.63. The molecule has 0 aliphatic heterocycles.